The van der Waals surface area contributed by atoms with Gasteiger partial charge >= 0.3 is 49.4 Å². The van der Waals surface area contributed by atoms with Crippen LogP contribution in [0.4, 0.5) is 105 Å². The number of halogens is 24. The maximum absolute atomic E-state index is 14.7. The maximum Gasteiger partial charge on any atom is 0.430 e. The molecule has 2 aliphatic carbocycles. The molecule has 2 aromatic rings. The fourth-order valence-electron chi connectivity index (χ4n) is 8.39. The Labute approximate surface area is 395 Å². The summed E-state index contributed by atoms with van der Waals surface area (Å²) in [6.45, 7) is 5.12. The zero-order chi connectivity index (χ0) is 55.9. The van der Waals surface area contributed by atoms with Crippen LogP contribution in [0.5, 0.6) is 0 Å². The van der Waals surface area contributed by atoms with Crippen LogP contribution in [0.25, 0.3) is 0 Å². The molecule has 0 spiro atoms. The van der Waals surface area contributed by atoms with Crippen LogP contribution < -0.4 is 0 Å². The lowest BCUT2D eigenvalue weighted by Crippen LogP contribution is -2.59. The largest absolute Gasteiger partial charge is 0.430 e. The maximum atomic E-state index is 14.7. The molecular weight excluding hydrogens is 1050 g/mol. The summed E-state index contributed by atoms with van der Waals surface area (Å²) in [4.78, 5) is 0. The minimum atomic E-state index is -6.56. The van der Waals surface area contributed by atoms with Crippen molar-refractivity contribution in [3.8, 4) is 0 Å². The normalized spacial score (nSPS) is 18.4. The fourth-order valence-corrected chi connectivity index (χ4v) is 8.39. The number of rotatable bonds is 12. The van der Waals surface area contributed by atoms with Crippen LogP contribution in [-0.2, 0) is 31.9 Å². The Morgan fingerprint density at radius 2 is 0.597 bits per heavy atom. The molecule has 0 radical (unpaired) electrons. The summed E-state index contributed by atoms with van der Waals surface area (Å²) >= 11 is 0. The third-order valence-electron chi connectivity index (χ3n) is 13.0. The molecule has 0 bridgehead atoms. The zero-order valence-corrected chi connectivity index (χ0v) is 38.0. The summed E-state index contributed by atoms with van der Waals surface area (Å²) in [5.41, 5.74) is -31.8. The number of hydrogen-bond acceptors (Lipinski definition) is 4. The van der Waals surface area contributed by atoms with Gasteiger partial charge in [0.05, 0.1) is 12.2 Å². The van der Waals surface area contributed by atoms with Crippen LogP contribution in [0, 0.1) is 0 Å². The highest BCUT2D eigenvalue weighted by Gasteiger charge is 2.78. The summed E-state index contributed by atoms with van der Waals surface area (Å²) in [6.07, 6.45) is -53.4. The number of hydrogen-bond donors (Lipinski definition) is 2. The first-order valence-electron chi connectivity index (χ1n) is 21.9. The first kappa shape index (κ1) is 62.9. The van der Waals surface area contributed by atoms with Gasteiger partial charge in [0.1, 0.15) is 0 Å². The summed E-state index contributed by atoms with van der Waals surface area (Å²) in [5, 5.41) is 18.9. The highest BCUT2D eigenvalue weighted by Crippen LogP contribution is 2.60. The van der Waals surface area contributed by atoms with E-state index >= 15 is 0 Å². The zero-order valence-electron chi connectivity index (χ0n) is 38.0. The Bertz CT molecular complexity index is 1890. The van der Waals surface area contributed by atoms with Crippen LogP contribution in [0.15, 0.2) is 36.4 Å². The smallest absolute Gasteiger partial charge is 0.369 e. The minimum absolute atomic E-state index is 0.00577. The van der Waals surface area contributed by atoms with E-state index in [1.807, 2.05) is 0 Å². The Balaban J connectivity index is 0.000000403. The molecule has 2 aromatic carbocycles. The van der Waals surface area contributed by atoms with Crippen molar-refractivity contribution in [2.75, 3.05) is 0 Å². The van der Waals surface area contributed by atoms with Gasteiger partial charge in [-0.15, -0.1) is 0 Å². The average Bonchev–Trinajstić information content (AvgIpc) is 3.23. The second-order valence-corrected chi connectivity index (χ2v) is 17.8. The van der Waals surface area contributed by atoms with Crippen LogP contribution in [0.1, 0.15) is 150 Å². The van der Waals surface area contributed by atoms with E-state index in [0.29, 0.717) is 25.0 Å². The molecule has 2 N–H and O–H groups in total. The van der Waals surface area contributed by atoms with Gasteiger partial charge in [-0.25, -0.2) is 0 Å². The van der Waals surface area contributed by atoms with E-state index in [9.17, 15) is 116 Å². The molecule has 0 heterocycles. The molecule has 28 heteroatoms. The molecule has 4 rings (SSSR count). The lowest BCUT2D eigenvalue weighted by Gasteiger charge is -2.43. The highest BCUT2D eigenvalue weighted by molar-refractivity contribution is 5.43. The minimum Gasteiger partial charge on any atom is -0.369 e. The standard InChI is InChI=1S/C28H34F12O2.C16H14F12O2/c1-3-17(2)18-14-19(23(25(29,30)31,26(32,33)34)41-21-10-6-4-7-11-21)16-20(15-18)24(27(35,36)37,28(38,39)40)42-22-12-8-5-9-13-22;1-3-7(2)8-4-9(11(29,13(17,18)19)14(20,21)22)6-10(5-8)12(30,15(23,24)25)16(26,27)28/h14-17,21-22H,3-13H2,1-2H3;4-7,29-30H,3H2,1-2H3. The number of ether oxygens (including phenoxy) is 2. The lowest BCUT2D eigenvalue weighted by atomic mass is 9.81. The average molecular weight is 1100 g/mol. The van der Waals surface area contributed by atoms with E-state index < -0.39 is 135 Å². The van der Waals surface area contributed by atoms with E-state index in [1.165, 1.54) is 20.8 Å². The first-order chi connectivity index (χ1) is 32.3. The molecule has 2 aliphatic rings. The molecular formula is C44H48F24O4. The van der Waals surface area contributed by atoms with E-state index in [4.69, 9.17) is 9.47 Å². The Morgan fingerprint density at radius 3 is 0.806 bits per heavy atom. The van der Waals surface area contributed by atoms with Crippen LogP contribution in [-0.4, -0.2) is 71.8 Å². The fraction of sp³-hybridized carbons (Fsp3) is 0.727. The Hall–Kier alpha value is -3.40. The van der Waals surface area contributed by atoms with Crippen molar-refractivity contribution >= 4 is 0 Å². The van der Waals surface area contributed by atoms with E-state index in [-0.39, 0.29) is 82.4 Å². The summed E-state index contributed by atoms with van der Waals surface area (Å²) in [5.74, 6) is -2.13. The van der Waals surface area contributed by atoms with Crippen LogP contribution >= 0.6 is 0 Å². The SMILES string of the molecule is CCC(C)c1cc(C(O)(C(F)(F)F)C(F)(F)F)cc(C(O)(C(F)(F)F)C(F)(F)F)c1.CCC(C)c1cc(C(OC2CCCCC2)(C(F)(F)F)C(F)(F)F)cc(C(OC2CCCCC2)(C(F)(F)F)C(F)(F)F)c1. The van der Waals surface area contributed by atoms with Gasteiger partial charge < -0.3 is 19.7 Å². The molecule has 0 aliphatic heterocycles. The summed E-state index contributed by atoms with van der Waals surface area (Å²) < 4.78 is 343. The predicted molar refractivity (Wildman–Crippen MR) is 206 cm³/mol. The third-order valence-corrected chi connectivity index (χ3v) is 13.0. The Morgan fingerprint density at radius 1 is 0.375 bits per heavy atom. The number of alkyl halides is 24. The summed E-state index contributed by atoms with van der Waals surface area (Å²) in [6, 6.07) is -0.385. The molecule has 0 aromatic heterocycles. The molecule has 2 saturated carbocycles. The monoisotopic (exact) mass is 1100 g/mol. The molecule has 416 valence electrons. The van der Waals surface area contributed by atoms with Crippen molar-refractivity contribution < 1.29 is 125 Å². The van der Waals surface area contributed by atoms with Gasteiger partial charge in [0.2, 0.25) is 0 Å². The second kappa shape index (κ2) is 21.3. The third kappa shape index (κ3) is 12.0. The van der Waals surface area contributed by atoms with Gasteiger partial charge in [-0.2, -0.15) is 105 Å². The predicted octanol–water partition coefficient (Wildman–Crippen LogP) is 16.4. The topological polar surface area (TPSA) is 58.9 Å². The molecule has 2 fully saturated rings. The number of aliphatic hydroxyl groups is 2. The van der Waals surface area contributed by atoms with Crippen LogP contribution in [0.2, 0.25) is 0 Å². The van der Waals surface area contributed by atoms with Gasteiger partial charge in [0, 0.05) is 22.3 Å². The quantitative estimate of drug-likeness (QED) is 0.208. The van der Waals surface area contributed by atoms with Gasteiger partial charge in [-0.3, -0.25) is 0 Å². The Kier molecular flexibility index (Phi) is 18.6. The van der Waals surface area contributed by atoms with Crippen molar-refractivity contribution in [1.82, 2.24) is 0 Å². The first-order valence-corrected chi connectivity index (χ1v) is 21.9. The highest BCUT2D eigenvalue weighted by atomic mass is 19.4. The second-order valence-electron chi connectivity index (χ2n) is 17.8. The number of benzene rings is 2. The summed E-state index contributed by atoms with van der Waals surface area (Å²) in [7, 11) is 0. The van der Waals surface area contributed by atoms with Gasteiger partial charge in [-0.1, -0.05) is 90.5 Å². The molecule has 4 nitrogen and oxygen atoms in total. The molecule has 72 heavy (non-hydrogen) atoms. The molecule has 0 amide bonds. The van der Waals surface area contributed by atoms with E-state index in [1.54, 1.807) is 0 Å². The van der Waals surface area contributed by atoms with Gasteiger partial charge in [0.25, 0.3) is 22.4 Å². The van der Waals surface area contributed by atoms with Crippen molar-refractivity contribution in [3.63, 3.8) is 0 Å². The van der Waals surface area contributed by atoms with E-state index in [0.717, 1.165) is 6.92 Å². The van der Waals surface area contributed by atoms with Crippen molar-refractivity contribution in [1.29, 1.82) is 0 Å². The van der Waals surface area contributed by atoms with Crippen molar-refractivity contribution in [2.45, 2.75) is 201 Å². The van der Waals surface area contributed by atoms with Gasteiger partial charge in [0.15, 0.2) is 0 Å². The van der Waals surface area contributed by atoms with E-state index in [2.05, 4.69) is 0 Å². The molecule has 0 saturated heterocycles. The van der Waals surface area contributed by atoms with Crippen molar-refractivity contribution in [2.24, 2.45) is 0 Å². The van der Waals surface area contributed by atoms with Crippen LogP contribution in [0.3, 0.4) is 0 Å². The van der Waals surface area contributed by atoms with Gasteiger partial charge in [-0.05, 0) is 73.6 Å². The molecule has 2 atom stereocenters. The lowest BCUT2D eigenvalue weighted by molar-refractivity contribution is -0.402. The molecule has 2 unspecified atom stereocenters. The van der Waals surface area contributed by atoms with Crippen molar-refractivity contribution in [3.05, 3.63) is 69.8 Å².